The highest BCUT2D eigenvalue weighted by Crippen LogP contribution is 2.18. The predicted octanol–water partition coefficient (Wildman–Crippen LogP) is 4.22. The third-order valence-electron chi connectivity index (χ3n) is 6.86. The Bertz CT molecular complexity index is 1220. The van der Waals surface area contributed by atoms with Crippen molar-refractivity contribution in [1.29, 1.82) is 0 Å². The van der Waals surface area contributed by atoms with Crippen molar-refractivity contribution in [3.8, 4) is 0 Å². The van der Waals surface area contributed by atoms with Gasteiger partial charge in [-0.15, -0.1) is 0 Å². The van der Waals surface area contributed by atoms with Crippen LogP contribution in [0.2, 0.25) is 0 Å². The zero-order valence-corrected chi connectivity index (χ0v) is 21.1. The topological polar surface area (TPSA) is 48.1 Å². The third-order valence-corrected chi connectivity index (χ3v) is 7.22. The van der Waals surface area contributed by atoms with Crippen LogP contribution in [0.3, 0.4) is 0 Å². The van der Waals surface area contributed by atoms with Crippen molar-refractivity contribution in [3.63, 3.8) is 0 Å². The molecule has 0 unspecified atom stereocenters. The van der Waals surface area contributed by atoms with E-state index in [0.29, 0.717) is 24.8 Å². The third kappa shape index (κ3) is 6.00. The normalized spacial score (nSPS) is 19.2. The van der Waals surface area contributed by atoms with Crippen molar-refractivity contribution in [2.45, 2.75) is 12.5 Å². The first-order valence-corrected chi connectivity index (χ1v) is 12.9. The number of carbonyl (C=O) groups is 1. The minimum Gasteiger partial charge on any atom is -0.373 e. The monoisotopic (exact) mass is 506 g/mol. The summed E-state index contributed by atoms with van der Waals surface area (Å²) >= 11 is 5.60. The molecule has 1 atom stereocenters. The SMILES string of the molecule is O=C(c1ccc2ccccc2c1)N1CCCN(C[C@@H]2CN(C(=S)Nc3ccc(F)cc3)CCO2)CC1. The molecule has 2 saturated heterocycles. The van der Waals surface area contributed by atoms with Gasteiger partial charge in [0.2, 0.25) is 0 Å². The Morgan fingerprint density at radius 2 is 1.75 bits per heavy atom. The van der Waals surface area contributed by atoms with E-state index in [1.165, 1.54) is 12.1 Å². The van der Waals surface area contributed by atoms with E-state index in [1.807, 2.05) is 41.3 Å². The van der Waals surface area contributed by atoms with Gasteiger partial charge in [-0.25, -0.2) is 4.39 Å². The quantitative estimate of drug-likeness (QED) is 0.535. The maximum absolute atomic E-state index is 13.2. The van der Waals surface area contributed by atoms with Gasteiger partial charge in [0.25, 0.3) is 5.91 Å². The fraction of sp³-hybridized carbons (Fsp3) is 0.357. The summed E-state index contributed by atoms with van der Waals surface area (Å²) in [6.07, 6.45) is 0.967. The second kappa shape index (κ2) is 11.3. The van der Waals surface area contributed by atoms with Gasteiger partial charge in [0.15, 0.2) is 5.11 Å². The van der Waals surface area contributed by atoms with Crippen LogP contribution in [-0.4, -0.2) is 84.2 Å². The number of morpholine rings is 1. The number of benzene rings is 3. The number of amides is 1. The highest BCUT2D eigenvalue weighted by molar-refractivity contribution is 7.80. The Labute approximate surface area is 216 Å². The Morgan fingerprint density at radius 1 is 0.944 bits per heavy atom. The molecule has 2 aliphatic heterocycles. The Morgan fingerprint density at radius 3 is 2.58 bits per heavy atom. The first-order valence-electron chi connectivity index (χ1n) is 12.5. The van der Waals surface area contributed by atoms with Gasteiger partial charge in [0.1, 0.15) is 5.82 Å². The first-order chi connectivity index (χ1) is 17.5. The van der Waals surface area contributed by atoms with Crippen LogP contribution in [0.25, 0.3) is 10.8 Å². The molecular weight excluding hydrogens is 475 g/mol. The summed E-state index contributed by atoms with van der Waals surface area (Å²) in [4.78, 5) is 19.7. The lowest BCUT2D eigenvalue weighted by molar-refractivity contribution is -0.0224. The number of nitrogens with one attached hydrogen (secondary N) is 1. The molecule has 0 aromatic heterocycles. The summed E-state index contributed by atoms with van der Waals surface area (Å²) in [6.45, 7) is 6.03. The largest absolute Gasteiger partial charge is 0.373 e. The number of ether oxygens (including phenoxy) is 1. The van der Waals surface area contributed by atoms with Gasteiger partial charge in [0, 0.05) is 50.5 Å². The molecule has 3 aromatic carbocycles. The van der Waals surface area contributed by atoms with E-state index in [9.17, 15) is 9.18 Å². The average molecular weight is 507 g/mol. The summed E-state index contributed by atoms with van der Waals surface area (Å²) in [5.41, 5.74) is 1.52. The molecule has 0 bridgehead atoms. The molecule has 36 heavy (non-hydrogen) atoms. The molecule has 2 heterocycles. The van der Waals surface area contributed by atoms with Crippen molar-refractivity contribution in [1.82, 2.24) is 14.7 Å². The molecule has 8 heteroatoms. The van der Waals surface area contributed by atoms with Gasteiger partial charge in [-0.3, -0.25) is 9.69 Å². The number of thiocarbonyl (C=S) groups is 1. The second-order valence-corrected chi connectivity index (χ2v) is 9.77. The molecule has 1 amide bonds. The Hall–Kier alpha value is -3.07. The number of halogens is 1. The number of fused-ring (bicyclic) bond motifs is 1. The molecule has 5 rings (SSSR count). The van der Waals surface area contributed by atoms with Crippen LogP contribution in [0.1, 0.15) is 16.8 Å². The van der Waals surface area contributed by atoms with Crippen LogP contribution < -0.4 is 5.32 Å². The minimum absolute atomic E-state index is 0.0365. The maximum atomic E-state index is 13.2. The smallest absolute Gasteiger partial charge is 0.253 e. The fourth-order valence-electron chi connectivity index (χ4n) is 4.90. The molecule has 0 aliphatic carbocycles. The molecule has 2 aliphatic rings. The van der Waals surface area contributed by atoms with E-state index in [1.54, 1.807) is 12.1 Å². The lowest BCUT2D eigenvalue weighted by Gasteiger charge is -2.36. The number of carbonyl (C=O) groups excluding carboxylic acids is 1. The van der Waals surface area contributed by atoms with Gasteiger partial charge >= 0.3 is 0 Å². The standard InChI is InChI=1S/C28H31FN4O2S/c29-24-8-10-25(11-9-24)30-28(36)33-16-17-35-26(20-33)19-31-12-3-13-32(15-14-31)27(34)23-7-6-21-4-1-2-5-22(21)18-23/h1-2,4-11,18,26H,3,12-17,19-20H2,(H,30,36)/t26-/m1/s1. The zero-order valence-electron chi connectivity index (χ0n) is 20.2. The number of hydrogen-bond acceptors (Lipinski definition) is 4. The van der Waals surface area contributed by atoms with E-state index in [-0.39, 0.29) is 17.8 Å². The molecular formula is C28H31FN4O2S. The summed E-state index contributed by atoms with van der Waals surface area (Å²) < 4.78 is 19.2. The van der Waals surface area contributed by atoms with Crippen LogP contribution in [0.5, 0.6) is 0 Å². The second-order valence-electron chi connectivity index (χ2n) is 9.38. The summed E-state index contributed by atoms with van der Waals surface area (Å²) in [7, 11) is 0. The molecule has 1 N–H and O–H groups in total. The molecule has 0 saturated carbocycles. The van der Waals surface area contributed by atoms with E-state index < -0.39 is 0 Å². The average Bonchev–Trinajstić information content (AvgIpc) is 3.15. The van der Waals surface area contributed by atoms with E-state index in [4.69, 9.17) is 17.0 Å². The number of nitrogens with zero attached hydrogens (tertiary/aromatic N) is 3. The van der Waals surface area contributed by atoms with Gasteiger partial charge < -0.3 is 19.9 Å². The van der Waals surface area contributed by atoms with Gasteiger partial charge in [-0.05, 0) is 72.4 Å². The lowest BCUT2D eigenvalue weighted by Crippen LogP contribution is -2.51. The van der Waals surface area contributed by atoms with Crippen molar-refractivity contribution < 1.29 is 13.9 Å². The van der Waals surface area contributed by atoms with Crippen molar-refractivity contribution in [2.75, 3.05) is 57.7 Å². The van der Waals surface area contributed by atoms with Gasteiger partial charge in [0.05, 0.1) is 12.7 Å². The molecule has 3 aromatic rings. The number of rotatable bonds is 4. The molecule has 2 fully saturated rings. The Kier molecular flexibility index (Phi) is 7.75. The van der Waals surface area contributed by atoms with E-state index >= 15 is 0 Å². The summed E-state index contributed by atoms with van der Waals surface area (Å²) in [5, 5.41) is 6.05. The van der Waals surface area contributed by atoms with Gasteiger partial charge in [-0.1, -0.05) is 30.3 Å². The van der Waals surface area contributed by atoms with Crippen LogP contribution in [0.4, 0.5) is 10.1 Å². The first kappa shape index (κ1) is 24.6. The van der Waals surface area contributed by atoms with Gasteiger partial charge in [-0.2, -0.15) is 0 Å². The molecule has 0 spiro atoms. The van der Waals surface area contributed by atoms with Crippen LogP contribution >= 0.6 is 12.2 Å². The summed E-state index contributed by atoms with van der Waals surface area (Å²) in [5.74, 6) is -0.173. The maximum Gasteiger partial charge on any atom is 0.253 e. The van der Waals surface area contributed by atoms with Crippen LogP contribution in [-0.2, 0) is 4.74 Å². The van der Waals surface area contributed by atoms with Crippen LogP contribution in [0.15, 0.2) is 66.7 Å². The summed E-state index contributed by atoms with van der Waals surface area (Å²) in [6, 6.07) is 20.3. The highest BCUT2D eigenvalue weighted by Gasteiger charge is 2.26. The lowest BCUT2D eigenvalue weighted by atomic mass is 10.1. The van der Waals surface area contributed by atoms with Crippen molar-refractivity contribution in [3.05, 3.63) is 78.1 Å². The van der Waals surface area contributed by atoms with Crippen molar-refractivity contribution in [2.24, 2.45) is 0 Å². The molecule has 188 valence electrons. The fourth-order valence-corrected chi connectivity index (χ4v) is 5.18. The Balaban J connectivity index is 1.13. The van der Waals surface area contributed by atoms with Crippen molar-refractivity contribution >= 4 is 39.7 Å². The molecule has 6 nitrogen and oxygen atoms in total. The van der Waals surface area contributed by atoms with Crippen LogP contribution in [0, 0.1) is 5.82 Å². The van der Waals surface area contributed by atoms with E-state index in [0.717, 1.165) is 61.2 Å². The number of hydrogen-bond donors (Lipinski definition) is 1. The zero-order chi connectivity index (χ0) is 24.9. The molecule has 0 radical (unpaired) electrons. The minimum atomic E-state index is -0.270. The highest BCUT2D eigenvalue weighted by atomic mass is 32.1. The number of anilines is 1. The predicted molar refractivity (Wildman–Crippen MR) is 145 cm³/mol. The van der Waals surface area contributed by atoms with E-state index in [2.05, 4.69) is 21.2 Å².